The first-order valence-electron chi connectivity index (χ1n) is 11.1. The third kappa shape index (κ3) is 7.63. The Balaban J connectivity index is 0.00000300. The van der Waals surface area contributed by atoms with Crippen LogP contribution in [0.15, 0.2) is 29.3 Å². The van der Waals surface area contributed by atoms with E-state index < -0.39 is 0 Å². The lowest BCUT2D eigenvalue weighted by atomic mass is 9.96. The van der Waals surface area contributed by atoms with Gasteiger partial charge >= 0.3 is 0 Å². The van der Waals surface area contributed by atoms with Crippen molar-refractivity contribution in [1.82, 2.24) is 15.1 Å². The number of likely N-dealkylation sites (tertiary alicyclic amines) is 2. The number of ether oxygens (including phenoxy) is 1. The maximum Gasteiger partial charge on any atom is 0.193 e. The van der Waals surface area contributed by atoms with Crippen molar-refractivity contribution >= 4 is 29.9 Å². The van der Waals surface area contributed by atoms with E-state index in [1.54, 1.807) is 7.11 Å². The van der Waals surface area contributed by atoms with Crippen LogP contribution >= 0.6 is 24.0 Å². The Bertz CT molecular complexity index is 606. The summed E-state index contributed by atoms with van der Waals surface area (Å²) in [5.41, 5.74) is 1.37. The zero-order chi connectivity index (χ0) is 19.8. The molecule has 0 amide bonds. The van der Waals surface area contributed by atoms with E-state index in [0.717, 1.165) is 50.4 Å². The Hall–Kier alpha value is -1.02. The van der Waals surface area contributed by atoms with Gasteiger partial charge in [0.15, 0.2) is 5.96 Å². The number of benzene rings is 1. The summed E-state index contributed by atoms with van der Waals surface area (Å²) < 4.78 is 5.25. The molecular formula is C23H39IN4O. The number of guanidine groups is 1. The second-order valence-electron chi connectivity index (χ2n) is 8.43. The average molecular weight is 514 g/mol. The minimum absolute atomic E-state index is 0. The number of rotatable bonds is 6. The van der Waals surface area contributed by atoms with Gasteiger partial charge in [-0.1, -0.05) is 19.1 Å². The lowest BCUT2D eigenvalue weighted by molar-refractivity contribution is 0.180. The first kappa shape index (κ1) is 24.3. The Morgan fingerprint density at radius 1 is 1.07 bits per heavy atom. The summed E-state index contributed by atoms with van der Waals surface area (Å²) in [6.45, 7) is 12.1. The van der Waals surface area contributed by atoms with Gasteiger partial charge in [-0.3, -0.25) is 9.89 Å². The van der Waals surface area contributed by atoms with E-state index in [-0.39, 0.29) is 24.0 Å². The number of aliphatic imine (C=N–C) groups is 1. The van der Waals surface area contributed by atoms with Crippen LogP contribution in [-0.4, -0.2) is 62.1 Å². The fraction of sp³-hybridized carbons (Fsp3) is 0.696. The van der Waals surface area contributed by atoms with Crippen LogP contribution in [0.4, 0.5) is 0 Å². The molecular weight excluding hydrogens is 475 g/mol. The molecule has 29 heavy (non-hydrogen) atoms. The summed E-state index contributed by atoms with van der Waals surface area (Å²) in [5, 5.41) is 3.51. The molecule has 2 saturated heterocycles. The first-order valence-corrected chi connectivity index (χ1v) is 11.1. The van der Waals surface area contributed by atoms with E-state index >= 15 is 0 Å². The van der Waals surface area contributed by atoms with Crippen molar-refractivity contribution in [2.75, 3.05) is 46.4 Å². The lowest BCUT2D eigenvalue weighted by Crippen LogP contribution is -2.45. The van der Waals surface area contributed by atoms with Crippen molar-refractivity contribution in [3.63, 3.8) is 0 Å². The predicted octanol–water partition coefficient (Wildman–Crippen LogP) is 4.22. The molecule has 0 radical (unpaired) electrons. The highest BCUT2D eigenvalue weighted by molar-refractivity contribution is 14.0. The van der Waals surface area contributed by atoms with Crippen molar-refractivity contribution < 1.29 is 4.74 Å². The first-order chi connectivity index (χ1) is 13.7. The third-order valence-electron chi connectivity index (χ3n) is 6.19. The average Bonchev–Trinajstić information content (AvgIpc) is 2.73. The molecule has 2 aliphatic heterocycles. The molecule has 1 N–H and O–H groups in total. The van der Waals surface area contributed by atoms with E-state index in [9.17, 15) is 0 Å². The molecule has 0 bridgehead atoms. The van der Waals surface area contributed by atoms with E-state index in [1.807, 2.05) is 0 Å². The van der Waals surface area contributed by atoms with Crippen molar-refractivity contribution in [3.05, 3.63) is 29.8 Å². The summed E-state index contributed by atoms with van der Waals surface area (Å²) in [6.07, 6.45) is 5.06. The Labute approximate surface area is 194 Å². The molecule has 1 aromatic rings. The zero-order valence-electron chi connectivity index (χ0n) is 18.4. The van der Waals surface area contributed by atoms with E-state index in [1.165, 1.54) is 44.3 Å². The van der Waals surface area contributed by atoms with Crippen LogP contribution in [0.5, 0.6) is 5.75 Å². The third-order valence-corrected chi connectivity index (χ3v) is 6.19. The van der Waals surface area contributed by atoms with Crippen molar-refractivity contribution in [2.45, 2.75) is 46.1 Å². The maximum atomic E-state index is 5.25. The highest BCUT2D eigenvalue weighted by Gasteiger charge is 2.21. The molecule has 0 spiro atoms. The van der Waals surface area contributed by atoms with Gasteiger partial charge in [-0.15, -0.1) is 24.0 Å². The van der Waals surface area contributed by atoms with Gasteiger partial charge in [0.2, 0.25) is 0 Å². The van der Waals surface area contributed by atoms with Crippen LogP contribution in [0, 0.1) is 11.8 Å². The number of methoxy groups -OCH3 is 1. The molecule has 0 unspecified atom stereocenters. The Kier molecular flexibility index (Phi) is 10.6. The number of nitrogens with zero attached hydrogens (tertiary/aromatic N) is 3. The molecule has 0 aliphatic carbocycles. The van der Waals surface area contributed by atoms with Gasteiger partial charge in [0.25, 0.3) is 0 Å². The standard InChI is InChI=1S/C23H38N4O.HI/c1-4-24-23(27-15-9-19(2)10-16-27)25-17-20-11-13-26(14-12-20)18-21-5-7-22(28-3)8-6-21;/h5-8,19-20H,4,9-18H2,1-3H3,(H,24,25);1H. The minimum atomic E-state index is 0. The molecule has 2 aliphatic rings. The number of hydrogen-bond donors (Lipinski definition) is 1. The lowest BCUT2D eigenvalue weighted by Gasteiger charge is -2.34. The van der Waals surface area contributed by atoms with Gasteiger partial charge in [-0.05, 0) is 75.2 Å². The van der Waals surface area contributed by atoms with E-state index in [2.05, 4.69) is 53.2 Å². The number of nitrogens with one attached hydrogen (secondary N) is 1. The largest absolute Gasteiger partial charge is 0.497 e. The predicted molar refractivity (Wildman–Crippen MR) is 132 cm³/mol. The summed E-state index contributed by atoms with van der Waals surface area (Å²) in [4.78, 5) is 10.0. The molecule has 0 aromatic heterocycles. The highest BCUT2D eigenvalue weighted by Crippen LogP contribution is 2.21. The van der Waals surface area contributed by atoms with Crippen molar-refractivity contribution in [2.24, 2.45) is 16.8 Å². The summed E-state index contributed by atoms with van der Waals surface area (Å²) in [6, 6.07) is 8.47. The quantitative estimate of drug-likeness (QED) is 0.351. The molecule has 0 atom stereocenters. The smallest absolute Gasteiger partial charge is 0.193 e. The fourth-order valence-corrected chi connectivity index (χ4v) is 4.18. The topological polar surface area (TPSA) is 40.1 Å². The molecule has 164 valence electrons. The fourth-order valence-electron chi connectivity index (χ4n) is 4.18. The zero-order valence-corrected chi connectivity index (χ0v) is 20.7. The van der Waals surface area contributed by atoms with Crippen molar-refractivity contribution in [3.8, 4) is 5.75 Å². The van der Waals surface area contributed by atoms with Crippen LogP contribution in [0.1, 0.15) is 45.1 Å². The monoisotopic (exact) mass is 514 g/mol. The molecule has 2 heterocycles. The number of piperidine rings is 2. The van der Waals surface area contributed by atoms with Gasteiger partial charge in [0.05, 0.1) is 7.11 Å². The van der Waals surface area contributed by atoms with Crippen LogP contribution in [0.2, 0.25) is 0 Å². The minimum Gasteiger partial charge on any atom is -0.497 e. The maximum absolute atomic E-state index is 5.25. The van der Waals surface area contributed by atoms with Crippen LogP contribution in [0.3, 0.4) is 0 Å². The second-order valence-corrected chi connectivity index (χ2v) is 8.43. The van der Waals surface area contributed by atoms with Gasteiger partial charge in [-0.2, -0.15) is 0 Å². The van der Waals surface area contributed by atoms with E-state index in [4.69, 9.17) is 9.73 Å². The van der Waals surface area contributed by atoms with Gasteiger partial charge in [0, 0.05) is 32.7 Å². The molecule has 0 saturated carbocycles. The normalized spacial score (nSPS) is 19.7. The van der Waals surface area contributed by atoms with Gasteiger partial charge in [-0.25, -0.2) is 0 Å². The summed E-state index contributed by atoms with van der Waals surface area (Å²) in [5.74, 6) is 3.63. The van der Waals surface area contributed by atoms with Gasteiger partial charge in [0.1, 0.15) is 5.75 Å². The van der Waals surface area contributed by atoms with Crippen LogP contribution in [0.25, 0.3) is 0 Å². The number of halogens is 1. The highest BCUT2D eigenvalue weighted by atomic mass is 127. The summed E-state index contributed by atoms with van der Waals surface area (Å²) >= 11 is 0. The van der Waals surface area contributed by atoms with Crippen LogP contribution < -0.4 is 10.1 Å². The SMILES string of the molecule is CCNC(=NCC1CCN(Cc2ccc(OC)cc2)CC1)N1CCC(C)CC1.I. The summed E-state index contributed by atoms with van der Waals surface area (Å²) in [7, 11) is 1.72. The molecule has 5 nitrogen and oxygen atoms in total. The van der Waals surface area contributed by atoms with E-state index in [0.29, 0.717) is 5.92 Å². The molecule has 6 heteroatoms. The second kappa shape index (κ2) is 12.6. The number of hydrogen-bond acceptors (Lipinski definition) is 3. The van der Waals surface area contributed by atoms with Crippen LogP contribution in [-0.2, 0) is 6.54 Å². The van der Waals surface area contributed by atoms with Gasteiger partial charge < -0.3 is 15.0 Å². The Morgan fingerprint density at radius 3 is 2.31 bits per heavy atom. The molecule has 1 aromatic carbocycles. The van der Waals surface area contributed by atoms with Crippen molar-refractivity contribution in [1.29, 1.82) is 0 Å². The molecule has 2 fully saturated rings. The molecule has 3 rings (SSSR count). The Morgan fingerprint density at radius 2 is 1.72 bits per heavy atom.